The highest BCUT2D eigenvalue weighted by atomic mass is 16.5. The number of rotatable bonds is 6. The van der Waals surface area contributed by atoms with Gasteiger partial charge in [0, 0.05) is 7.05 Å². The molecule has 2 rings (SSSR count). The van der Waals surface area contributed by atoms with Crippen molar-refractivity contribution in [3.05, 3.63) is 46.8 Å². The largest absolute Gasteiger partial charge is 0.493 e. The Kier molecular flexibility index (Phi) is 5.02. The highest BCUT2D eigenvalue weighted by Gasteiger charge is 2.20. The maximum Gasteiger partial charge on any atom is 0.161 e. The van der Waals surface area contributed by atoms with Crippen LogP contribution in [0.4, 0.5) is 0 Å². The Morgan fingerprint density at radius 1 is 1.29 bits per heavy atom. The fourth-order valence-corrected chi connectivity index (χ4v) is 2.66. The molecule has 21 heavy (non-hydrogen) atoms. The summed E-state index contributed by atoms with van der Waals surface area (Å²) in [6.07, 6.45) is 2.70. The Morgan fingerprint density at radius 2 is 2.05 bits per heavy atom. The van der Waals surface area contributed by atoms with E-state index in [-0.39, 0.29) is 6.04 Å². The van der Waals surface area contributed by atoms with E-state index in [2.05, 4.69) is 49.4 Å². The van der Waals surface area contributed by atoms with Crippen molar-refractivity contribution in [2.45, 2.75) is 33.2 Å². The molecule has 0 aliphatic heterocycles. The lowest BCUT2D eigenvalue weighted by atomic mass is 9.99. The number of hydrogen-bond donors (Lipinski definition) is 1. The van der Waals surface area contributed by atoms with Crippen LogP contribution in [0.25, 0.3) is 0 Å². The summed E-state index contributed by atoms with van der Waals surface area (Å²) in [5.41, 5.74) is 5.08. The van der Waals surface area contributed by atoms with E-state index in [1.165, 1.54) is 16.7 Å². The number of nitrogens with zero attached hydrogens (tertiary/aromatic N) is 2. The van der Waals surface area contributed by atoms with Gasteiger partial charge in [0.15, 0.2) is 5.75 Å². The SMILES string of the molecule is CCNC(Cc1ccc(C)c(C)c1)c1c(OC)cnn1C. The van der Waals surface area contributed by atoms with Crippen molar-refractivity contribution in [3.8, 4) is 5.75 Å². The van der Waals surface area contributed by atoms with Crippen LogP contribution in [-0.4, -0.2) is 23.4 Å². The fraction of sp³-hybridized carbons (Fsp3) is 0.471. The summed E-state index contributed by atoms with van der Waals surface area (Å²) >= 11 is 0. The van der Waals surface area contributed by atoms with E-state index >= 15 is 0 Å². The summed E-state index contributed by atoms with van der Waals surface area (Å²) in [7, 11) is 3.65. The van der Waals surface area contributed by atoms with Crippen molar-refractivity contribution < 1.29 is 4.74 Å². The van der Waals surface area contributed by atoms with Crippen molar-refractivity contribution in [2.24, 2.45) is 7.05 Å². The molecule has 0 aliphatic carbocycles. The van der Waals surface area contributed by atoms with Gasteiger partial charge in [0.1, 0.15) is 0 Å². The Balaban J connectivity index is 2.30. The number of nitrogens with one attached hydrogen (secondary N) is 1. The van der Waals surface area contributed by atoms with E-state index in [1.54, 1.807) is 13.3 Å². The number of benzene rings is 1. The van der Waals surface area contributed by atoms with Crippen molar-refractivity contribution >= 4 is 0 Å². The van der Waals surface area contributed by atoms with Gasteiger partial charge in [-0.25, -0.2) is 0 Å². The molecule has 1 N–H and O–H groups in total. The predicted octanol–water partition coefficient (Wildman–Crippen LogP) is 2.94. The zero-order valence-corrected chi connectivity index (χ0v) is 13.6. The third-order valence-electron chi connectivity index (χ3n) is 3.96. The molecule has 2 aromatic rings. The third kappa shape index (κ3) is 3.45. The van der Waals surface area contributed by atoms with Crippen molar-refractivity contribution in [2.75, 3.05) is 13.7 Å². The molecule has 1 atom stereocenters. The first kappa shape index (κ1) is 15.6. The second kappa shape index (κ2) is 6.76. The first-order valence-electron chi connectivity index (χ1n) is 7.42. The number of aromatic nitrogens is 2. The molecule has 0 amide bonds. The summed E-state index contributed by atoms with van der Waals surface area (Å²) in [4.78, 5) is 0. The van der Waals surface area contributed by atoms with Gasteiger partial charge in [0.25, 0.3) is 0 Å². The first-order chi connectivity index (χ1) is 10.1. The van der Waals surface area contributed by atoms with E-state index in [1.807, 2.05) is 11.7 Å². The fourth-order valence-electron chi connectivity index (χ4n) is 2.66. The Labute approximate surface area is 127 Å². The molecule has 1 aromatic heterocycles. The molecule has 0 saturated heterocycles. The van der Waals surface area contributed by atoms with Crippen molar-refractivity contribution in [1.29, 1.82) is 0 Å². The molecule has 4 heteroatoms. The monoisotopic (exact) mass is 287 g/mol. The molecule has 0 saturated carbocycles. The summed E-state index contributed by atoms with van der Waals surface area (Å²) in [6, 6.07) is 6.85. The van der Waals surface area contributed by atoms with E-state index in [4.69, 9.17) is 4.74 Å². The highest BCUT2D eigenvalue weighted by Crippen LogP contribution is 2.27. The Bertz CT molecular complexity index is 604. The zero-order valence-electron chi connectivity index (χ0n) is 13.6. The summed E-state index contributed by atoms with van der Waals surface area (Å²) < 4.78 is 7.35. The molecule has 0 bridgehead atoms. The molecule has 4 nitrogen and oxygen atoms in total. The molecule has 1 heterocycles. The van der Waals surface area contributed by atoms with Gasteiger partial charge in [-0.3, -0.25) is 4.68 Å². The average Bonchev–Trinajstić information content (AvgIpc) is 2.83. The second-order valence-corrected chi connectivity index (χ2v) is 5.45. The normalized spacial score (nSPS) is 12.4. The third-order valence-corrected chi connectivity index (χ3v) is 3.96. The van der Waals surface area contributed by atoms with Crippen molar-refractivity contribution in [3.63, 3.8) is 0 Å². The predicted molar refractivity (Wildman–Crippen MR) is 85.8 cm³/mol. The van der Waals surface area contributed by atoms with Crippen LogP contribution in [0.3, 0.4) is 0 Å². The molecule has 0 radical (unpaired) electrons. The summed E-state index contributed by atoms with van der Waals surface area (Å²) in [5.74, 6) is 0.840. The van der Waals surface area contributed by atoms with Crippen LogP contribution in [0.1, 0.15) is 35.3 Å². The van der Waals surface area contributed by atoms with E-state index < -0.39 is 0 Å². The number of hydrogen-bond acceptors (Lipinski definition) is 3. The van der Waals surface area contributed by atoms with Crippen LogP contribution in [0, 0.1) is 13.8 Å². The smallest absolute Gasteiger partial charge is 0.161 e. The minimum absolute atomic E-state index is 0.194. The zero-order chi connectivity index (χ0) is 15.4. The number of likely N-dealkylation sites (N-methyl/N-ethyl adjacent to an activating group) is 1. The minimum atomic E-state index is 0.194. The van der Waals surface area contributed by atoms with Crippen LogP contribution in [0.2, 0.25) is 0 Å². The van der Waals surface area contributed by atoms with E-state index in [9.17, 15) is 0 Å². The number of ether oxygens (including phenoxy) is 1. The number of methoxy groups -OCH3 is 1. The van der Waals surface area contributed by atoms with Gasteiger partial charge in [-0.1, -0.05) is 25.1 Å². The van der Waals surface area contributed by atoms with Gasteiger partial charge >= 0.3 is 0 Å². The Hall–Kier alpha value is -1.81. The van der Waals surface area contributed by atoms with Gasteiger partial charge in [-0.05, 0) is 43.5 Å². The van der Waals surface area contributed by atoms with Crippen LogP contribution in [0.15, 0.2) is 24.4 Å². The lowest BCUT2D eigenvalue weighted by molar-refractivity contribution is 0.394. The lowest BCUT2D eigenvalue weighted by Gasteiger charge is -2.20. The molecule has 1 aromatic carbocycles. The maximum atomic E-state index is 5.45. The van der Waals surface area contributed by atoms with Gasteiger partial charge < -0.3 is 10.1 Å². The lowest BCUT2D eigenvalue weighted by Crippen LogP contribution is -2.25. The first-order valence-corrected chi connectivity index (χ1v) is 7.42. The standard InChI is InChI=1S/C17H25N3O/c1-6-18-15(17-16(21-5)11-19-20(17)4)10-14-8-7-12(2)13(3)9-14/h7-9,11,15,18H,6,10H2,1-5H3. The average molecular weight is 287 g/mol. The van der Waals surface area contributed by atoms with Gasteiger partial charge in [-0.15, -0.1) is 0 Å². The topological polar surface area (TPSA) is 39.1 Å². The van der Waals surface area contributed by atoms with E-state index in [0.29, 0.717) is 0 Å². The molecule has 0 spiro atoms. The minimum Gasteiger partial charge on any atom is -0.493 e. The van der Waals surface area contributed by atoms with Gasteiger partial charge in [0.05, 0.1) is 25.0 Å². The molecule has 0 fully saturated rings. The molecular weight excluding hydrogens is 262 g/mol. The van der Waals surface area contributed by atoms with Crippen LogP contribution < -0.4 is 10.1 Å². The second-order valence-electron chi connectivity index (χ2n) is 5.45. The summed E-state index contributed by atoms with van der Waals surface area (Å²) in [5, 5.41) is 7.86. The highest BCUT2D eigenvalue weighted by molar-refractivity contribution is 5.33. The number of aryl methyl sites for hydroxylation is 3. The summed E-state index contributed by atoms with van der Waals surface area (Å²) in [6.45, 7) is 7.33. The quantitative estimate of drug-likeness (QED) is 0.888. The molecule has 0 aliphatic rings. The molecule has 114 valence electrons. The molecular formula is C17H25N3O. The van der Waals surface area contributed by atoms with Gasteiger partial charge in [0.2, 0.25) is 0 Å². The van der Waals surface area contributed by atoms with E-state index in [0.717, 1.165) is 24.4 Å². The maximum absolute atomic E-state index is 5.45. The van der Waals surface area contributed by atoms with Gasteiger partial charge in [-0.2, -0.15) is 5.10 Å². The van der Waals surface area contributed by atoms with Crippen LogP contribution in [-0.2, 0) is 13.5 Å². The Morgan fingerprint density at radius 3 is 2.67 bits per heavy atom. The van der Waals surface area contributed by atoms with Crippen LogP contribution >= 0.6 is 0 Å². The molecule has 1 unspecified atom stereocenters. The van der Waals surface area contributed by atoms with Crippen LogP contribution in [0.5, 0.6) is 5.75 Å². The van der Waals surface area contributed by atoms with Crippen molar-refractivity contribution in [1.82, 2.24) is 15.1 Å².